The summed E-state index contributed by atoms with van der Waals surface area (Å²) in [4.78, 5) is 21.2. The molecule has 2 N–H and O–H groups in total. The van der Waals surface area contributed by atoms with Crippen LogP contribution in [0, 0.1) is 22.9 Å². The lowest BCUT2D eigenvalue weighted by molar-refractivity contribution is -0.384. The molecule has 6 nitrogen and oxygen atoms in total. The molecular formula is C14H11FN2O4. The summed E-state index contributed by atoms with van der Waals surface area (Å²) in [6, 6.07) is 7.45. The normalized spacial score (nSPS) is 10.2. The number of carboxylic acid groups (broad SMARTS) is 1. The van der Waals surface area contributed by atoms with Crippen molar-refractivity contribution < 1.29 is 19.2 Å². The SMILES string of the molecule is Cc1cc(Nc2cc(F)ccc2[N+](=O)[O-])ccc1C(=O)O. The molecule has 0 saturated carbocycles. The van der Waals surface area contributed by atoms with Crippen molar-refractivity contribution in [3.8, 4) is 0 Å². The first kappa shape index (κ1) is 14.4. The van der Waals surface area contributed by atoms with Gasteiger partial charge in [-0.1, -0.05) is 0 Å². The minimum atomic E-state index is -1.06. The summed E-state index contributed by atoms with van der Waals surface area (Å²) >= 11 is 0. The van der Waals surface area contributed by atoms with Crippen molar-refractivity contribution >= 4 is 23.0 Å². The standard InChI is InChI=1S/C14H11FN2O4/c1-8-6-10(3-4-11(8)14(18)19)16-12-7-9(15)2-5-13(12)17(20)21/h2-7,16H,1H3,(H,18,19). The number of aromatic carboxylic acids is 1. The number of halogens is 1. The van der Waals surface area contributed by atoms with E-state index in [-0.39, 0.29) is 16.9 Å². The van der Waals surface area contributed by atoms with Crippen LogP contribution >= 0.6 is 0 Å². The van der Waals surface area contributed by atoms with Crippen LogP contribution in [0.4, 0.5) is 21.5 Å². The van der Waals surface area contributed by atoms with Crippen LogP contribution in [0.3, 0.4) is 0 Å². The highest BCUT2D eigenvalue weighted by molar-refractivity contribution is 5.90. The Kier molecular flexibility index (Phi) is 3.84. The van der Waals surface area contributed by atoms with E-state index in [9.17, 15) is 19.3 Å². The van der Waals surface area contributed by atoms with Crippen molar-refractivity contribution in [1.29, 1.82) is 0 Å². The molecule has 0 atom stereocenters. The van der Waals surface area contributed by atoms with Crippen molar-refractivity contribution in [3.05, 3.63) is 63.5 Å². The molecule has 2 aromatic rings. The molecule has 0 bridgehead atoms. The number of nitro benzene ring substituents is 1. The summed E-state index contributed by atoms with van der Waals surface area (Å²) in [6.45, 7) is 1.61. The zero-order valence-electron chi connectivity index (χ0n) is 11.0. The number of carbonyl (C=O) groups is 1. The Labute approximate surface area is 119 Å². The first-order valence-corrected chi connectivity index (χ1v) is 5.93. The Morgan fingerprint density at radius 1 is 1.29 bits per heavy atom. The van der Waals surface area contributed by atoms with Crippen molar-refractivity contribution in [2.45, 2.75) is 6.92 Å². The molecule has 7 heteroatoms. The molecule has 0 amide bonds. The molecule has 0 aromatic heterocycles. The van der Waals surface area contributed by atoms with E-state index in [1.165, 1.54) is 18.2 Å². The summed E-state index contributed by atoms with van der Waals surface area (Å²) in [6.07, 6.45) is 0. The first-order valence-electron chi connectivity index (χ1n) is 5.93. The molecule has 0 aliphatic heterocycles. The lowest BCUT2D eigenvalue weighted by Gasteiger charge is -2.09. The van der Waals surface area contributed by atoms with Gasteiger partial charge in [-0.05, 0) is 36.8 Å². The van der Waals surface area contributed by atoms with Crippen LogP contribution in [-0.2, 0) is 0 Å². The first-order chi connectivity index (χ1) is 9.88. The second kappa shape index (κ2) is 5.58. The fourth-order valence-electron chi connectivity index (χ4n) is 1.90. The Morgan fingerprint density at radius 2 is 2.00 bits per heavy atom. The number of nitrogens with zero attached hydrogens (tertiary/aromatic N) is 1. The number of anilines is 2. The molecular weight excluding hydrogens is 279 g/mol. The van der Waals surface area contributed by atoms with Gasteiger partial charge in [0.2, 0.25) is 0 Å². The van der Waals surface area contributed by atoms with Gasteiger partial charge in [0.25, 0.3) is 5.69 Å². The molecule has 108 valence electrons. The average molecular weight is 290 g/mol. The number of rotatable bonds is 4. The van der Waals surface area contributed by atoms with E-state index in [0.717, 1.165) is 18.2 Å². The van der Waals surface area contributed by atoms with Crippen molar-refractivity contribution in [2.24, 2.45) is 0 Å². The quantitative estimate of drug-likeness (QED) is 0.664. The van der Waals surface area contributed by atoms with Gasteiger partial charge in [0.05, 0.1) is 10.5 Å². The number of hydrogen-bond donors (Lipinski definition) is 2. The number of nitro groups is 1. The van der Waals surface area contributed by atoms with E-state index in [2.05, 4.69) is 5.32 Å². The Bertz CT molecular complexity index is 731. The summed E-state index contributed by atoms with van der Waals surface area (Å²) < 4.78 is 13.2. The third-order valence-corrected chi connectivity index (χ3v) is 2.89. The van der Waals surface area contributed by atoms with Crippen LogP contribution in [0.2, 0.25) is 0 Å². The smallest absolute Gasteiger partial charge is 0.335 e. The van der Waals surface area contributed by atoms with Crippen molar-refractivity contribution in [3.63, 3.8) is 0 Å². The Balaban J connectivity index is 2.38. The fraction of sp³-hybridized carbons (Fsp3) is 0.0714. The van der Waals surface area contributed by atoms with Gasteiger partial charge in [0.1, 0.15) is 11.5 Å². The highest BCUT2D eigenvalue weighted by Gasteiger charge is 2.15. The molecule has 0 fully saturated rings. The van der Waals surface area contributed by atoms with Gasteiger partial charge >= 0.3 is 5.97 Å². The number of aryl methyl sites for hydroxylation is 1. The lowest BCUT2D eigenvalue weighted by atomic mass is 10.1. The molecule has 0 heterocycles. The highest BCUT2D eigenvalue weighted by atomic mass is 19.1. The van der Waals surface area contributed by atoms with E-state index in [1.54, 1.807) is 6.92 Å². The van der Waals surface area contributed by atoms with E-state index in [0.29, 0.717) is 11.3 Å². The second-order valence-electron chi connectivity index (χ2n) is 4.38. The molecule has 2 aromatic carbocycles. The van der Waals surface area contributed by atoms with Gasteiger partial charge in [0, 0.05) is 17.8 Å². The van der Waals surface area contributed by atoms with Crippen LogP contribution < -0.4 is 5.32 Å². The van der Waals surface area contributed by atoms with Crippen LogP contribution in [0.5, 0.6) is 0 Å². The van der Waals surface area contributed by atoms with Crippen molar-refractivity contribution in [1.82, 2.24) is 0 Å². The predicted molar refractivity (Wildman–Crippen MR) is 74.5 cm³/mol. The van der Waals surface area contributed by atoms with E-state index in [1.807, 2.05) is 0 Å². The maximum Gasteiger partial charge on any atom is 0.335 e. The van der Waals surface area contributed by atoms with Crippen LogP contribution in [0.15, 0.2) is 36.4 Å². The summed E-state index contributed by atoms with van der Waals surface area (Å²) in [7, 11) is 0. The van der Waals surface area contributed by atoms with Gasteiger partial charge < -0.3 is 10.4 Å². The van der Waals surface area contributed by atoms with Crippen LogP contribution in [0.25, 0.3) is 0 Å². The van der Waals surface area contributed by atoms with Gasteiger partial charge in [-0.15, -0.1) is 0 Å². The third kappa shape index (κ3) is 3.14. The van der Waals surface area contributed by atoms with Gasteiger partial charge in [-0.25, -0.2) is 9.18 Å². The summed E-state index contributed by atoms with van der Waals surface area (Å²) in [5, 5.41) is 22.6. The van der Waals surface area contributed by atoms with E-state index < -0.39 is 16.7 Å². The van der Waals surface area contributed by atoms with Crippen LogP contribution in [-0.4, -0.2) is 16.0 Å². The molecule has 0 radical (unpaired) electrons. The topological polar surface area (TPSA) is 92.5 Å². The maximum atomic E-state index is 13.2. The largest absolute Gasteiger partial charge is 0.478 e. The predicted octanol–water partition coefficient (Wildman–Crippen LogP) is 3.48. The second-order valence-corrected chi connectivity index (χ2v) is 4.38. The molecule has 0 aliphatic carbocycles. The summed E-state index contributed by atoms with van der Waals surface area (Å²) in [5.74, 6) is -1.67. The zero-order valence-corrected chi connectivity index (χ0v) is 11.0. The van der Waals surface area contributed by atoms with Crippen LogP contribution in [0.1, 0.15) is 15.9 Å². The molecule has 0 saturated heterocycles. The number of benzene rings is 2. The van der Waals surface area contributed by atoms with Gasteiger partial charge in [-0.2, -0.15) is 0 Å². The van der Waals surface area contributed by atoms with E-state index >= 15 is 0 Å². The average Bonchev–Trinajstić information content (AvgIpc) is 2.37. The summed E-state index contributed by atoms with van der Waals surface area (Å²) in [5.41, 5.74) is 0.797. The molecule has 0 unspecified atom stereocenters. The zero-order chi connectivity index (χ0) is 15.6. The molecule has 0 aliphatic rings. The van der Waals surface area contributed by atoms with Gasteiger partial charge in [-0.3, -0.25) is 10.1 Å². The number of carboxylic acids is 1. The monoisotopic (exact) mass is 290 g/mol. The maximum absolute atomic E-state index is 13.2. The van der Waals surface area contributed by atoms with E-state index in [4.69, 9.17) is 5.11 Å². The molecule has 21 heavy (non-hydrogen) atoms. The Hall–Kier alpha value is -2.96. The molecule has 0 spiro atoms. The highest BCUT2D eigenvalue weighted by Crippen LogP contribution is 2.29. The number of nitrogens with one attached hydrogen (secondary N) is 1. The third-order valence-electron chi connectivity index (χ3n) is 2.89. The minimum absolute atomic E-state index is 0.00229. The minimum Gasteiger partial charge on any atom is -0.478 e. The van der Waals surface area contributed by atoms with Crippen molar-refractivity contribution in [2.75, 3.05) is 5.32 Å². The number of hydrogen-bond acceptors (Lipinski definition) is 4. The van der Waals surface area contributed by atoms with Gasteiger partial charge in [0.15, 0.2) is 0 Å². The Morgan fingerprint density at radius 3 is 2.57 bits per heavy atom. The fourth-order valence-corrected chi connectivity index (χ4v) is 1.90. The lowest BCUT2D eigenvalue weighted by Crippen LogP contribution is -2.02. The molecule has 2 rings (SSSR count).